The summed E-state index contributed by atoms with van der Waals surface area (Å²) < 4.78 is 3.70. The fourth-order valence-corrected chi connectivity index (χ4v) is 2.73. The van der Waals surface area contributed by atoms with Crippen molar-refractivity contribution in [2.24, 2.45) is 5.41 Å². The molecule has 1 saturated heterocycles. The molecule has 1 unspecified atom stereocenters. The van der Waals surface area contributed by atoms with Crippen LogP contribution in [-0.4, -0.2) is 45.3 Å². The third kappa shape index (κ3) is 2.78. The highest BCUT2D eigenvalue weighted by atomic mass is 32.1. The number of anilines is 1. The molecule has 0 saturated carbocycles. The number of aliphatic hydroxyl groups excluding tert-OH is 1. The minimum atomic E-state index is -0.137. The molecule has 100 valence electrons. The standard InChI is InChI=1S/C11H18N4O2S/c1-2-11(8-16)4-3-5-15(7-11)10(17)13-9-6-12-14-18-9/h6,16H,2-5,7-8H2,1H3,(H,13,17). The SMILES string of the molecule is CCC1(CO)CCCN(C(=O)Nc2cnns2)C1. The highest BCUT2D eigenvalue weighted by molar-refractivity contribution is 7.10. The quantitative estimate of drug-likeness (QED) is 0.873. The third-order valence-electron chi connectivity index (χ3n) is 3.63. The van der Waals surface area contributed by atoms with E-state index in [-0.39, 0.29) is 18.1 Å². The fraction of sp³-hybridized carbons (Fsp3) is 0.727. The average molecular weight is 270 g/mol. The molecule has 1 fully saturated rings. The Balaban J connectivity index is 1.98. The van der Waals surface area contributed by atoms with Crippen molar-refractivity contribution in [1.82, 2.24) is 14.5 Å². The van der Waals surface area contributed by atoms with Gasteiger partial charge in [0.05, 0.1) is 12.8 Å². The van der Waals surface area contributed by atoms with E-state index in [0.29, 0.717) is 11.5 Å². The maximum absolute atomic E-state index is 12.1. The van der Waals surface area contributed by atoms with Crippen LogP contribution in [0.2, 0.25) is 0 Å². The Morgan fingerprint density at radius 2 is 2.56 bits per heavy atom. The van der Waals surface area contributed by atoms with Gasteiger partial charge in [0.15, 0.2) is 0 Å². The molecule has 2 N–H and O–H groups in total. The molecule has 2 amide bonds. The van der Waals surface area contributed by atoms with Gasteiger partial charge in [0.1, 0.15) is 5.00 Å². The number of nitrogens with one attached hydrogen (secondary N) is 1. The van der Waals surface area contributed by atoms with Crippen LogP contribution in [-0.2, 0) is 0 Å². The molecule has 1 aliphatic heterocycles. The van der Waals surface area contributed by atoms with Gasteiger partial charge < -0.3 is 10.0 Å². The summed E-state index contributed by atoms with van der Waals surface area (Å²) in [4.78, 5) is 13.8. The Hall–Kier alpha value is -1.21. The summed E-state index contributed by atoms with van der Waals surface area (Å²) >= 11 is 1.16. The van der Waals surface area contributed by atoms with Gasteiger partial charge in [0.2, 0.25) is 0 Å². The van der Waals surface area contributed by atoms with Crippen molar-refractivity contribution in [3.8, 4) is 0 Å². The number of aromatic nitrogens is 2. The van der Waals surface area contributed by atoms with Crippen LogP contribution in [0.1, 0.15) is 26.2 Å². The molecular formula is C11H18N4O2S. The van der Waals surface area contributed by atoms with Crippen LogP contribution >= 0.6 is 11.5 Å². The number of likely N-dealkylation sites (tertiary alicyclic amines) is 1. The maximum Gasteiger partial charge on any atom is 0.322 e. The predicted molar refractivity (Wildman–Crippen MR) is 69.5 cm³/mol. The van der Waals surface area contributed by atoms with Crippen LogP contribution in [0, 0.1) is 5.41 Å². The molecule has 0 spiro atoms. The van der Waals surface area contributed by atoms with E-state index in [1.165, 1.54) is 6.20 Å². The highest BCUT2D eigenvalue weighted by Crippen LogP contribution is 2.33. The van der Waals surface area contributed by atoms with E-state index in [0.717, 1.165) is 37.3 Å². The number of rotatable bonds is 3. The zero-order valence-electron chi connectivity index (χ0n) is 10.4. The van der Waals surface area contributed by atoms with Crippen molar-refractivity contribution in [2.45, 2.75) is 26.2 Å². The van der Waals surface area contributed by atoms with Crippen molar-refractivity contribution < 1.29 is 9.90 Å². The average Bonchev–Trinajstić information content (AvgIpc) is 2.91. The van der Waals surface area contributed by atoms with E-state index >= 15 is 0 Å². The maximum atomic E-state index is 12.1. The first-order valence-corrected chi connectivity index (χ1v) is 6.90. The van der Waals surface area contributed by atoms with Gasteiger partial charge in [0, 0.05) is 30.0 Å². The zero-order chi connectivity index (χ0) is 13.0. The van der Waals surface area contributed by atoms with E-state index in [4.69, 9.17) is 0 Å². The lowest BCUT2D eigenvalue weighted by atomic mass is 9.78. The van der Waals surface area contributed by atoms with Gasteiger partial charge in [-0.15, -0.1) is 5.10 Å². The Labute approximate surface area is 110 Å². The number of amides is 2. The second-order valence-corrected chi connectivity index (χ2v) is 5.53. The summed E-state index contributed by atoms with van der Waals surface area (Å²) in [5, 5.41) is 16.6. The molecule has 1 aromatic rings. The molecule has 0 bridgehead atoms. The first-order chi connectivity index (χ1) is 8.69. The Morgan fingerprint density at radius 1 is 1.72 bits per heavy atom. The number of piperidine rings is 1. The minimum Gasteiger partial charge on any atom is -0.396 e. The van der Waals surface area contributed by atoms with Crippen LogP contribution in [0.4, 0.5) is 9.80 Å². The predicted octanol–water partition coefficient (Wildman–Crippen LogP) is 1.55. The molecule has 18 heavy (non-hydrogen) atoms. The first kappa shape index (κ1) is 13.2. The second kappa shape index (κ2) is 5.62. The van der Waals surface area contributed by atoms with E-state index in [1.54, 1.807) is 4.90 Å². The molecule has 1 atom stereocenters. The lowest BCUT2D eigenvalue weighted by Gasteiger charge is -2.41. The molecule has 1 aromatic heterocycles. The van der Waals surface area contributed by atoms with Gasteiger partial charge in [-0.2, -0.15) is 0 Å². The fourth-order valence-electron chi connectivity index (χ4n) is 2.32. The van der Waals surface area contributed by atoms with Crippen molar-refractivity contribution in [3.63, 3.8) is 0 Å². The minimum absolute atomic E-state index is 0.132. The molecule has 0 radical (unpaired) electrons. The molecule has 0 aliphatic carbocycles. The molecule has 7 heteroatoms. The number of carbonyl (C=O) groups excluding carboxylic acids is 1. The van der Waals surface area contributed by atoms with Crippen LogP contribution in [0.5, 0.6) is 0 Å². The van der Waals surface area contributed by atoms with Gasteiger partial charge >= 0.3 is 6.03 Å². The smallest absolute Gasteiger partial charge is 0.322 e. The molecular weight excluding hydrogens is 252 g/mol. The van der Waals surface area contributed by atoms with Gasteiger partial charge in [-0.05, 0) is 19.3 Å². The van der Waals surface area contributed by atoms with Gasteiger partial charge in [-0.3, -0.25) is 5.32 Å². The molecule has 0 aromatic carbocycles. The lowest BCUT2D eigenvalue weighted by molar-refractivity contribution is 0.0468. The van der Waals surface area contributed by atoms with E-state index in [9.17, 15) is 9.90 Å². The van der Waals surface area contributed by atoms with Gasteiger partial charge in [-0.1, -0.05) is 11.4 Å². The van der Waals surface area contributed by atoms with Crippen molar-refractivity contribution in [3.05, 3.63) is 6.20 Å². The first-order valence-electron chi connectivity index (χ1n) is 6.13. The Kier molecular flexibility index (Phi) is 4.13. The summed E-state index contributed by atoms with van der Waals surface area (Å²) in [7, 11) is 0. The summed E-state index contributed by atoms with van der Waals surface area (Å²) in [5.74, 6) is 0. The largest absolute Gasteiger partial charge is 0.396 e. The summed E-state index contributed by atoms with van der Waals surface area (Å²) in [6.45, 7) is 3.54. The second-order valence-electron chi connectivity index (χ2n) is 4.75. The molecule has 2 heterocycles. The van der Waals surface area contributed by atoms with Gasteiger partial charge in [0.25, 0.3) is 0 Å². The molecule has 1 aliphatic rings. The summed E-state index contributed by atoms with van der Waals surface area (Å²) in [6.07, 6.45) is 4.33. The number of nitrogens with zero attached hydrogens (tertiary/aromatic N) is 3. The van der Waals surface area contributed by atoms with Crippen molar-refractivity contribution in [1.29, 1.82) is 0 Å². The highest BCUT2D eigenvalue weighted by Gasteiger charge is 2.35. The van der Waals surface area contributed by atoms with E-state index in [1.807, 2.05) is 0 Å². The van der Waals surface area contributed by atoms with Crippen molar-refractivity contribution in [2.75, 3.05) is 25.0 Å². The number of hydrogen-bond donors (Lipinski definition) is 2. The van der Waals surface area contributed by atoms with E-state index < -0.39 is 0 Å². The number of urea groups is 1. The monoisotopic (exact) mass is 270 g/mol. The van der Waals surface area contributed by atoms with Crippen LogP contribution in [0.15, 0.2) is 6.20 Å². The summed E-state index contributed by atoms with van der Waals surface area (Å²) in [6, 6.07) is -0.132. The number of carbonyl (C=O) groups is 1. The van der Waals surface area contributed by atoms with Gasteiger partial charge in [-0.25, -0.2) is 4.79 Å². The number of aliphatic hydroxyl groups is 1. The zero-order valence-corrected chi connectivity index (χ0v) is 11.2. The number of hydrogen-bond acceptors (Lipinski definition) is 5. The molecule has 6 nitrogen and oxygen atoms in total. The lowest BCUT2D eigenvalue weighted by Crippen LogP contribution is -2.49. The topological polar surface area (TPSA) is 78.4 Å². The molecule has 2 rings (SSSR count). The van der Waals surface area contributed by atoms with E-state index in [2.05, 4.69) is 21.8 Å². The summed E-state index contributed by atoms with van der Waals surface area (Å²) in [5.41, 5.74) is -0.137. The normalized spacial score (nSPS) is 24.0. The van der Waals surface area contributed by atoms with Crippen molar-refractivity contribution >= 4 is 22.6 Å². The van der Waals surface area contributed by atoms with Crippen LogP contribution in [0.25, 0.3) is 0 Å². The third-order valence-corrected chi connectivity index (χ3v) is 4.21. The van der Waals surface area contributed by atoms with Crippen LogP contribution < -0.4 is 5.32 Å². The van der Waals surface area contributed by atoms with Crippen LogP contribution in [0.3, 0.4) is 0 Å². The Bertz CT molecular complexity index is 392. The Morgan fingerprint density at radius 3 is 3.17 bits per heavy atom.